The standard InChI is InChI=1S/C22H19Br2FN6O3/c1-3-30-20(24)14(10-28-30)12-29-7-6-26-21(29)17-5-4-16(25)9-18(17)13(2)34-19-8-15(23)11-27-22(19)31(32)33/h4-11,13H,3,12H2,1-2H3. The Bertz CT molecular complexity index is 1360. The van der Waals surface area contributed by atoms with E-state index in [4.69, 9.17) is 4.74 Å². The molecule has 0 aliphatic rings. The topological polar surface area (TPSA) is 101 Å². The zero-order valence-corrected chi connectivity index (χ0v) is 21.3. The lowest BCUT2D eigenvalue weighted by atomic mass is 10.0. The number of pyridine rings is 1. The smallest absolute Gasteiger partial charge is 0.406 e. The van der Waals surface area contributed by atoms with Gasteiger partial charge in [0.05, 0.1) is 17.2 Å². The van der Waals surface area contributed by atoms with Crippen LogP contribution in [0, 0.1) is 15.9 Å². The largest absolute Gasteiger partial charge is 0.478 e. The van der Waals surface area contributed by atoms with Crippen LogP contribution < -0.4 is 4.74 Å². The van der Waals surface area contributed by atoms with Gasteiger partial charge in [0, 0.05) is 41.7 Å². The van der Waals surface area contributed by atoms with Crippen molar-refractivity contribution in [2.75, 3.05) is 0 Å². The highest BCUT2D eigenvalue weighted by molar-refractivity contribution is 9.10. The van der Waals surface area contributed by atoms with Crippen LogP contribution in [0.25, 0.3) is 11.4 Å². The minimum Gasteiger partial charge on any atom is -0.478 e. The molecule has 0 bridgehead atoms. The SMILES string of the molecule is CCn1ncc(Cn2ccnc2-c2ccc(F)cc2C(C)Oc2cc(Br)cnc2[N+](=O)[O-])c1Br. The summed E-state index contributed by atoms with van der Waals surface area (Å²) in [5.41, 5.74) is 2.10. The molecule has 3 heterocycles. The van der Waals surface area contributed by atoms with E-state index in [0.717, 1.165) is 16.7 Å². The average molecular weight is 594 g/mol. The van der Waals surface area contributed by atoms with Gasteiger partial charge in [-0.2, -0.15) is 5.10 Å². The third-order valence-electron chi connectivity index (χ3n) is 5.17. The monoisotopic (exact) mass is 592 g/mol. The van der Waals surface area contributed by atoms with Crippen molar-refractivity contribution in [1.29, 1.82) is 0 Å². The molecule has 0 spiro atoms. The zero-order valence-electron chi connectivity index (χ0n) is 18.2. The molecule has 1 unspecified atom stereocenters. The van der Waals surface area contributed by atoms with Crippen molar-refractivity contribution >= 4 is 37.7 Å². The van der Waals surface area contributed by atoms with Crippen molar-refractivity contribution in [2.24, 2.45) is 0 Å². The van der Waals surface area contributed by atoms with E-state index in [1.54, 1.807) is 25.4 Å². The summed E-state index contributed by atoms with van der Waals surface area (Å²) in [5, 5.41) is 15.7. The highest BCUT2D eigenvalue weighted by atomic mass is 79.9. The lowest BCUT2D eigenvalue weighted by Crippen LogP contribution is -2.10. The minimum absolute atomic E-state index is 0.0265. The zero-order chi connectivity index (χ0) is 24.4. The summed E-state index contributed by atoms with van der Waals surface area (Å²) in [4.78, 5) is 19.1. The lowest BCUT2D eigenvalue weighted by molar-refractivity contribution is -0.390. The molecular weight excluding hydrogens is 575 g/mol. The first-order valence-electron chi connectivity index (χ1n) is 10.3. The molecule has 0 fully saturated rings. The fourth-order valence-electron chi connectivity index (χ4n) is 3.56. The molecule has 3 aromatic heterocycles. The highest BCUT2D eigenvalue weighted by Crippen LogP contribution is 2.35. The van der Waals surface area contributed by atoms with Crippen molar-refractivity contribution in [3.8, 4) is 17.1 Å². The number of aromatic nitrogens is 5. The fraction of sp³-hybridized carbons (Fsp3) is 0.227. The molecule has 0 saturated heterocycles. The molecule has 0 aliphatic carbocycles. The van der Waals surface area contributed by atoms with Crippen LogP contribution in [0.4, 0.5) is 10.2 Å². The second-order valence-corrected chi connectivity index (χ2v) is 9.05. The Balaban J connectivity index is 1.71. The van der Waals surface area contributed by atoms with Gasteiger partial charge in [0.15, 0.2) is 6.20 Å². The van der Waals surface area contributed by atoms with Crippen molar-refractivity contribution < 1.29 is 14.1 Å². The van der Waals surface area contributed by atoms with Crippen LogP contribution in [0.15, 0.2) is 58.1 Å². The van der Waals surface area contributed by atoms with E-state index in [1.807, 2.05) is 22.4 Å². The molecule has 0 amide bonds. The van der Waals surface area contributed by atoms with Gasteiger partial charge < -0.3 is 19.4 Å². The minimum atomic E-state index is -0.736. The van der Waals surface area contributed by atoms with Crippen molar-refractivity contribution in [3.63, 3.8) is 0 Å². The van der Waals surface area contributed by atoms with Gasteiger partial charge in [-0.1, -0.05) is 0 Å². The predicted molar refractivity (Wildman–Crippen MR) is 130 cm³/mol. The summed E-state index contributed by atoms with van der Waals surface area (Å²) in [5.74, 6) is -0.307. The predicted octanol–water partition coefficient (Wildman–Crippen LogP) is 5.92. The molecule has 0 aliphatic heterocycles. The maximum absolute atomic E-state index is 14.3. The van der Waals surface area contributed by atoms with E-state index >= 15 is 0 Å². The first kappa shape index (κ1) is 24.0. The molecule has 1 aromatic carbocycles. The number of aryl methyl sites for hydroxylation is 1. The van der Waals surface area contributed by atoms with E-state index in [2.05, 4.69) is 46.9 Å². The summed E-state index contributed by atoms with van der Waals surface area (Å²) in [7, 11) is 0. The van der Waals surface area contributed by atoms with Gasteiger partial charge in [0.25, 0.3) is 0 Å². The summed E-state index contributed by atoms with van der Waals surface area (Å²) in [6, 6.07) is 5.78. The Kier molecular flexibility index (Phi) is 7.08. The third-order valence-corrected chi connectivity index (χ3v) is 6.52. The summed E-state index contributed by atoms with van der Waals surface area (Å²) < 4.78 is 25.3. The molecule has 4 aromatic rings. The highest BCUT2D eigenvalue weighted by Gasteiger charge is 2.23. The van der Waals surface area contributed by atoms with E-state index in [-0.39, 0.29) is 5.75 Å². The van der Waals surface area contributed by atoms with Crippen molar-refractivity contribution in [2.45, 2.75) is 33.0 Å². The van der Waals surface area contributed by atoms with Gasteiger partial charge in [-0.05, 0) is 73.8 Å². The number of ether oxygens (including phenoxy) is 1. The molecule has 1 atom stereocenters. The Morgan fingerprint density at radius 2 is 2.03 bits per heavy atom. The number of hydrogen-bond donors (Lipinski definition) is 0. The summed E-state index contributed by atoms with van der Waals surface area (Å²) in [6.45, 7) is 4.91. The van der Waals surface area contributed by atoms with Gasteiger partial charge in [-0.15, -0.1) is 0 Å². The Labute approximate surface area is 211 Å². The number of imidazole rings is 1. The van der Waals surface area contributed by atoms with E-state index in [1.165, 1.54) is 24.4 Å². The van der Waals surface area contributed by atoms with Crippen LogP contribution in [-0.4, -0.2) is 29.2 Å². The van der Waals surface area contributed by atoms with Crippen LogP contribution in [0.3, 0.4) is 0 Å². The molecule has 34 heavy (non-hydrogen) atoms. The molecule has 0 radical (unpaired) electrons. The van der Waals surface area contributed by atoms with Crippen LogP contribution in [0.1, 0.15) is 31.1 Å². The number of halogens is 3. The van der Waals surface area contributed by atoms with E-state index in [9.17, 15) is 14.5 Å². The average Bonchev–Trinajstić information content (AvgIpc) is 3.40. The number of hydrogen-bond acceptors (Lipinski definition) is 6. The van der Waals surface area contributed by atoms with Crippen molar-refractivity contribution in [3.05, 3.63) is 85.2 Å². The summed E-state index contributed by atoms with van der Waals surface area (Å²) in [6.07, 6.45) is 5.86. The number of nitro groups is 1. The quantitative estimate of drug-likeness (QED) is 0.186. The molecule has 4 rings (SSSR count). The first-order valence-corrected chi connectivity index (χ1v) is 11.8. The third kappa shape index (κ3) is 4.87. The maximum atomic E-state index is 14.3. The van der Waals surface area contributed by atoms with Crippen LogP contribution in [-0.2, 0) is 13.1 Å². The number of rotatable bonds is 8. The molecule has 9 nitrogen and oxygen atoms in total. The second kappa shape index (κ2) is 10.0. The molecular formula is C22H19Br2FN6O3. The van der Waals surface area contributed by atoms with Gasteiger partial charge in [0.1, 0.15) is 22.3 Å². The lowest BCUT2D eigenvalue weighted by Gasteiger charge is -2.19. The van der Waals surface area contributed by atoms with Gasteiger partial charge >= 0.3 is 5.82 Å². The first-order chi connectivity index (χ1) is 16.3. The van der Waals surface area contributed by atoms with Crippen LogP contribution in [0.2, 0.25) is 0 Å². The Morgan fingerprint density at radius 1 is 1.24 bits per heavy atom. The number of nitrogens with zero attached hydrogens (tertiary/aromatic N) is 6. The summed E-state index contributed by atoms with van der Waals surface area (Å²) >= 11 is 6.83. The van der Waals surface area contributed by atoms with Gasteiger partial charge in [-0.25, -0.2) is 9.37 Å². The molecule has 176 valence electrons. The second-order valence-electron chi connectivity index (χ2n) is 7.38. The molecule has 0 N–H and O–H groups in total. The maximum Gasteiger partial charge on any atom is 0.406 e. The van der Waals surface area contributed by atoms with Crippen LogP contribution >= 0.6 is 31.9 Å². The number of benzene rings is 1. The molecule has 0 saturated carbocycles. The van der Waals surface area contributed by atoms with Crippen molar-refractivity contribution in [1.82, 2.24) is 24.3 Å². The van der Waals surface area contributed by atoms with E-state index < -0.39 is 22.7 Å². The Morgan fingerprint density at radius 3 is 2.74 bits per heavy atom. The van der Waals surface area contributed by atoms with Gasteiger partial charge in [-0.3, -0.25) is 4.68 Å². The Hall–Kier alpha value is -3.12. The molecule has 12 heteroatoms. The van der Waals surface area contributed by atoms with Crippen LogP contribution in [0.5, 0.6) is 5.75 Å². The fourth-order valence-corrected chi connectivity index (χ4v) is 4.45. The van der Waals surface area contributed by atoms with Gasteiger partial charge in [0.2, 0.25) is 5.75 Å². The normalized spacial score (nSPS) is 12.0. The van der Waals surface area contributed by atoms with E-state index in [0.29, 0.717) is 28.0 Å².